The summed E-state index contributed by atoms with van der Waals surface area (Å²) in [7, 11) is 0. The molecule has 0 radical (unpaired) electrons. The molecule has 1 N–H and O–H groups in total. The van der Waals surface area contributed by atoms with E-state index in [4.69, 9.17) is 9.84 Å². The number of carboxylic acid groups (broad SMARTS) is 1. The molecule has 0 aliphatic heterocycles. The van der Waals surface area contributed by atoms with Crippen molar-refractivity contribution < 1.29 is 14.6 Å². The highest BCUT2D eigenvalue weighted by Crippen LogP contribution is 2.44. The van der Waals surface area contributed by atoms with Crippen LogP contribution >= 0.6 is 0 Å². The van der Waals surface area contributed by atoms with Gasteiger partial charge in [-0.05, 0) is 31.6 Å². The van der Waals surface area contributed by atoms with Crippen molar-refractivity contribution in [3.63, 3.8) is 0 Å². The minimum atomic E-state index is -0.857. The zero-order chi connectivity index (χ0) is 10.1. The van der Waals surface area contributed by atoms with Crippen molar-refractivity contribution >= 4 is 5.97 Å². The predicted molar refractivity (Wildman–Crippen MR) is 49.6 cm³/mol. The van der Waals surface area contributed by atoms with Crippen LogP contribution in [0, 0.1) is 11.8 Å². The summed E-state index contributed by atoms with van der Waals surface area (Å²) >= 11 is 0. The average molecular weight is 186 g/mol. The summed E-state index contributed by atoms with van der Waals surface area (Å²) in [6, 6.07) is 0. The first kappa shape index (κ1) is 10.5. The number of ether oxygens (including phenoxy) is 1. The van der Waals surface area contributed by atoms with E-state index in [2.05, 4.69) is 13.8 Å². The second-order valence-corrected chi connectivity index (χ2v) is 4.14. The Morgan fingerprint density at radius 3 is 2.46 bits per heavy atom. The minimum absolute atomic E-state index is 0.483. The fourth-order valence-electron chi connectivity index (χ4n) is 1.89. The van der Waals surface area contributed by atoms with Crippen molar-refractivity contribution in [1.82, 2.24) is 0 Å². The predicted octanol–water partition coefficient (Wildman–Crippen LogP) is 1.91. The van der Waals surface area contributed by atoms with Gasteiger partial charge in [-0.2, -0.15) is 0 Å². The molecule has 13 heavy (non-hydrogen) atoms. The summed E-state index contributed by atoms with van der Waals surface area (Å²) in [5.41, 5.74) is -0.857. The quantitative estimate of drug-likeness (QED) is 0.729. The Morgan fingerprint density at radius 2 is 2.15 bits per heavy atom. The lowest BCUT2D eigenvalue weighted by Crippen LogP contribution is -2.54. The summed E-state index contributed by atoms with van der Waals surface area (Å²) < 4.78 is 5.31. The van der Waals surface area contributed by atoms with Gasteiger partial charge in [-0.25, -0.2) is 4.79 Å². The third kappa shape index (κ3) is 1.85. The molecule has 0 saturated heterocycles. The molecule has 0 unspecified atom stereocenters. The number of rotatable bonds is 4. The average Bonchev–Trinajstić information content (AvgIpc) is 1.94. The molecular formula is C10H18O3. The fraction of sp³-hybridized carbons (Fsp3) is 0.900. The van der Waals surface area contributed by atoms with E-state index in [1.807, 2.05) is 6.92 Å². The molecule has 1 aliphatic carbocycles. The van der Waals surface area contributed by atoms with Crippen molar-refractivity contribution in [3.05, 3.63) is 0 Å². The Hall–Kier alpha value is -0.570. The van der Waals surface area contributed by atoms with E-state index in [1.54, 1.807) is 0 Å². The molecule has 1 rings (SSSR count). The molecule has 0 atom stereocenters. The number of aliphatic carboxylic acids is 1. The molecule has 1 fully saturated rings. The van der Waals surface area contributed by atoms with Crippen LogP contribution < -0.4 is 0 Å². The van der Waals surface area contributed by atoms with Crippen LogP contribution in [0.2, 0.25) is 0 Å². The van der Waals surface area contributed by atoms with Gasteiger partial charge in [0.2, 0.25) is 0 Å². The van der Waals surface area contributed by atoms with Gasteiger partial charge < -0.3 is 9.84 Å². The molecule has 0 aromatic rings. The Bertz CT molecular complexity index is 192. The second kappa shape index (κ2) is 3.66. The Morgan fingerprint density at radius 1 is 1.62 bits per heavy atom. The molecule has 1 aliphatic rings. The minimum Gasteiger partial charge on any atom is -0.479 e. The first-order valence-electron chi connectivity index (χ1n) is 4.89. The van der Waals surface area contributed by atoms with Crippen LogP contribution in [0.15, 0.2) is 0 Å². The zero-order valence-corrected chi connectivity index (χ0v) is 8.54. The van der Waals surface area contributed by atoms with Gasteiger partial charge in [-0.3, -0.25) is 0 Å². The van der Waals surface area contributed by atoms with E-state index in [-0.39, 0.29) is 0 Å². The molecule has 0 amide bonds. The summed E-state index contributed by atoms with van der Waals surface area (Å²) in [6.45, 7) is 6.58. The van der Waals surface area contributed by atoms with Crippen LogP contribution in [0.1, 0.15) is 33.6 Å². The van der Waals surface area contributed by atoms with Gasteiger partial charge in [-0.15, -0.1) is 0 Å². The lowest BCUT2D eigenvalue weighted by atomic mass is 9.66. The summed E-state index contributed by atoms with van der Waals surface area (Å²) in [5.74, 6) is 0.279. The molecule has 3 heteroatoms. The molecule has 0 spiro atoms. The number of carbonyl (C=O) groups is 1. The normalized spacial score (nSPS) is 33.1. The smallest absolute Gasteiger partial charge is 0.335 e. The van der Waals surface area contributed by atoms with Gasteiger partial charge >= 0.3 is 5.97 Å². The van der Waals surface area contributed by atoms with Crippen molar-refractivity contribution in [2.24, 2.45) is 11.8 Å². The topological polar surface area (TPSA) is 46.5 Å². The number of hydrogen-bond acceptors (Lipinski definition) is 2. The third-order valence-electron chi connectivity index (χ3n) is 2.94. The lowest BCUT2D eigenvalue weighted by molar-refractivity contribution is -0.189. The van der Waals surface area contributed by atoms with Crippen molar-refractivity contribution in [3.8, 4) is 0 Å². The van der Waals surface area contributed by atoms with Gasteiger partial charge in [0.1, 0.15) is 0 Å². The van der Waals surface area contributed by atoms with E-state index in [9.17, 15) is 4.79 Å². The fourth-order valence-corrected chi connectivity index (χ4v) is 1.89. The molecule has 0 heterocycles. The summed E-state index contributed by atoms with van der Waals surface area (Å²) in [6.07, 6.45) is 1.35. The molecule has 76 valence electrons. The summed E-state index contributed by atoms with van der Waals surface area (Å²) in [4.78, 5) is 10.9. The maximum absolute atomic E-state index is 10.9. The molecular weight excluding hydrogens is 168 g/mol. The lowest BCUT2D eigenvalue weighted by Gasteiger charge is -2.45. The van der Waals surface area contributed by atoms with Crippen LogP contribution in [0.4, 0.5) is 0 Å². The molecule has 3 nitrogen and oxygen atoms in total. The molecule has 1 saturated carbocycles. The van der Waals surface area contributed by atoms with Crippen LogP contribution in [0.25, 0.3) is 0 Å². The highest BCUT2D eigenvalue weighted by atomic mass is 16.5. The van der Waals surface area contributed by atoms with Crippen LogP contribution in [-0.2, 0) is 9.53 Å². The molecule has 0 bridgehead atoms. The maximum atomic E-state index is 10.9. The molecule has 0 aromatic heterocycles. The molecule has 0 aromatic carbocycles. The van der Waals surface area contributed by atoms with E-state index >= 15 is 0 Å². The van der Waals surface area contributed by atoms with E-state index < -0.39 is 11.6 Å². The van der Waals surface area contributed by atoms with E-state index in [0.29, 0.717) is 31.3 Å². The SMILES string of the molecule is CCOC1(C(=O)O)CC(C(C)C)C1. The summed E-state index contributed by atoms with van der Waals surface area (Å²) in [5, 5.41) is 8.99. The third-order valence-corrected chi connectivity index (χ3v) is 2.94. The van der Waals surface area contributed by atoms with E-state index in [0.717, 1.165) is 0 Å². The first-order chi connectivity index (χ1) is 6.02. The largest absolute Gasteiger partial charge is 0.479 e. The highest BCUT2D eigenvalue weighted by Gasteiger charge is 2.52. The Labute approximate surface area is 79.1 Å². The zero-order valence-electron chi connectivity index (χ0n) is 8.54. The standard InChI is InChI=1S/C10H18O3/c1-4-13-10(9(11)12)5-8(6-10)7(2)3/h7-8H,4-6H2,1-3H3,(H,11,12). The maximum Gasteiger partial charge on any atom is 0.335 e. The van der Waals surface area contributed by atoms with Gasteiger partial charge in [0, 0.05) is 6.61 Å². The van der Waals surface area contributed by atoms with Crippen LogP contribution in [0.3, 0.4) is 0 Å². The van der Waals surface area contributed by atoms with Crippen molar-refractivity contribution in [2.45, 2.75) is 39.2 Å². The van der Waals surface area contributed by atoms with Crippen LogP contribution in [-0.4, -0.2) is 23.3 Å². The van der Waals surface area contributed by atoms with Crippen molar-refractivity contribution in [1.29, 1.82) is 0 Å². The Balaban J connectivity index is 2.53. The Kier molecular flexibility index (Phi) is 2.96. The highest BCUT2D eigenvalue weighted by molar-refractivity contribution is 5.78. The number of hydrogen-bond donors (Lipinski definition) is 1. The van der Waals surface area contributed by atoms with Gasteiger partial charge in [0.05, 0.1) is 0 Å². The first-order valence-corrected chi connectivity index (χ1v) is 4.89. The van der Waals surface area contributed by atoms with Crippen LogP contribution in [0.5, 0.6) is 0 Å². The van der Waals surface area contributed by atoms with E-state index in [1.165, 1.54) is 0 Å². The van der Waals surface area contributed by atoms with Crippen molar-refractivity contribution in [2.75, 3.05) is 6.61 Å². The monoisotopic (exact) mass is 186 g/mol. The second-order valence-electron chi connectivity index (χ2n) is 4.14. The number of carboxylic acids is 1. The van der Waals surface area contributed by atoms with Gasteiger partial charge in [-0.1, -0.05) is 13.8 Å². The van der Waals surface area contributed by atoms with Gasteiger partial charge in [0.15, 0.2) is 5.60 Å². The van der Waals surface area contributed by atoms with Gasteiger partial charge in [0.25, 0.3) is 0 Å².